The molecule has 0 aliphatic carbocycles. The summed E-state index contributed by atoms with van der Waals surface area (Å²) in [5.41, 5.74) is 2.65. The summed E-state index contributed by atoms with van der Waals surface area (Å²) in [7, 11) is 1.73. The number of aromatic nitrogens is 1. The first-order valence-electron chi connectivity index (χ1n) is 12.1. The molecule has 1 fully saturated rings. The lowest BCUT2D eigenvalue weighted by Gasteiger charge is -2.26. The molecule has 7 heteroatoms. The van der Waals surface area contributed by atoms with Crippen LogP contribution in [0.25, 0.3) is 0 Å². The van der Waals surface area contributed by atoms with Crippen molar-refractivity contribution in [3.05, 3.63) is 58.2 Å². The molecule has 0 radical (unpaired) electrons. The van der Waals surface area contributed by atoms with Gasteiger partial charge in [0.2, 0.25) is 0 Å². The molecule has 1 saturated heterocycles. The van der Waals surface area contributed by atoms with E-state index in [9.17, 15) is 4.79 Å². The minimum atomic E-state index is -0.755. The summed E-state index contributed by atoms with van der Waals surface area (Å²) in [4.78, 5) is 17.1. The lowest BCUT2D eigenvalue weighted by Crippen LogP contribution is -2.30. The number of carboxylic acids is 1. The molecule has 33 heavy (non-hydrogen) atoms. The molecular formula is C26H39BrN4O2. The molecule has 3 N–H and O–H groups in total. The topological polar surface area (TPSA) is 77.5 Å². The molecule has 4 rings (SSSR count). The molecule has 1 aromatic carbocycles. The number of likely N-dealkylation sites (tertiary alicyclic amines) is 1. The van der Waals surface area contributed by atoms with Crippen LogP contribution in [-0.2, 0) is 17.6 Å². The van der Waals surface area contributed by atoms with Gasteiger partial charge in [0.25, 0.3) is 0 Å². The van der Waals surface area contributed by atoms with Gasteiger partial charge in [-0.2, -0.15) is 0 Å². The van der Waals surface area contributed by atoms with E-state index < -0.39 is 5.97 Å². The Morgan fingerprint density at radius 2 is 1.88 bits per heavy atom. The van der Waals surface area contributed by atoms with Crippen molar-refractivity contribution in [2.75, 3.05) is 45.1 Å². The molecule has 3 heterocycles. The molecule has 182 valence electrons. The second kappa shape index (κ2) is 16.6. The molecule has 2 aliphatic rings. The Morgan fingerprint density at radius 3 is 2.48 bits per heavy atom. The van der Waals surface area contributed by atoms with Crippen LogP contribution in [0.2, 0.25) is 0 Å². The number of fused-ring (bicyclic) bond motifs is 1. The van der Waals surface area contributed by atoms with Crippen LogP contribution in [0, 0.1) is 0 Å². The summed E-state index contributed by atoms with van der Waals surface area (Å²) in [6.45, 7) is 5.48. The van der Waals surface area contributed by atoms with Crippen LogP contribution in [0.15, 0.2) is 46.9 Å². The third-order valence-electron chi connectivity index (χ3n) is 5.63. The molecule has 0 unspecified atom stereocenters. The van der Waals surface area contributed by atoms with Crippen LogP contribution in [0.5, 0.6) is 0 Å². The van der Waals surface area contributed by atoms with Gasteiger partial charge in [-0.25, -0.2) is 4.98 Å². The number of nitrogens with one attached hydrogen (secondary N) is 2. The second-order valence-electron chi connectivity index (χ2n) is 8.39. The fourth-order valence-electron chi connectivity index (χ4n) is 3.82. The number of rotatable bonds is 7. The van der Waals surface area contributed by atoms with E-state index in [0.717, 1.165) is 23.3 Å². The highest BCUT2D eigenvalue weighted by Gasteiger charge is 2.12. The summed E-state index contributed by atoms with van der Waals surface area (Å²) < 4.78 is 1.13. The monoisotopic (exact) mass is 518 g/mol. The number of hydrogen-bond acceptors (Lipinski definition) is 5. The maximum Gasteiger partial charge on any atom is 0.304 e. The predicted octanol–water partition coefficient (Wildman–Crippen LogP) is 4.99. The predicted molar refractivity (Wildman–Crippen MR) is 140 cm³/mol. The fraction of sp³-hybridized carbons (Fsp3) is 0.538. The highest BCUT2D eigenvalue weighted by Crippen LogP contribution is 2.20. The van der Waals surface area contributed by atoms with Crippen molar-refractivity contribution in [3.8, 4) is 0 Å². The minimum absolute atomic E-state index is 0.205. The Hall–Kier alpha value is -1.96. The van der Waals surface area contributed by atoms with E-state index >= 15 is 0 Å². The first-order valence-corrected chi connectivity index (χ1v) is 12.9. The van der Waals surface area contributed by atoms with Gasteiger partial charge in [0.05, 0.1) is 6.42 Å². The van der Waals surface area contributed by atoms with E-state index in [2.05, 4.69) is 43.6 Å². The summed E-state index contributed by atoms with van der Waals surface area (Å²) in [6.07, 6.45) is 9.19. The van der Waals surface area contributed by atoms with Gasteiger partial charge in [-0.15, -0.1) is 0 Å². The van der Waals surface area contributed by atoms with Crippen molar-refractivity contribution in [2.45, 2.75) is 51.4 Å². The van der Waals surface area contributed by atoms with Crippen LogP contribution in [0.3, 0.4) is 0 Å². The van der Waals surface area contributed by atoms with E-state index in [-0.39, 0.29) is 6.42 Å². The number of hydrogen-bond donors (Lipinski definition) is 3. The summed E-state index contributed by atoms with van der Waals surface area (Å²) in [5.74, 6) is 0.385. The Kier molecular flexibility index (Phi) is 13.7. The second-order valence-corrected chi connectivity index (χ2v) is 9.31. The number of carbonyl (C=O) groups is 1. The highest BCUT2D eigenvalue weighted by molar-refractivity contribution is 9.10. The molecule has 0 amide bonds. The zero-order valence-corrected chi connectivity index (χ0v) is 21.4. The van der Waals surface area contributed by atoms with E-state index in [1.807, 2.05) is 30.3 Å². The Morgan fingerprint density at radius 1 is 1.12 bits per heavy atom. The lowest BCUT2D eigenvalue weighted by molar-refractivity contribution is -0.136. The molecule has 1 aromatic heterocycles. The van der Waals surface area contributed by atoms with Crippen LogP contribution in [-0.4, -0.2) is 60.7 Å². The Balaban J connectivity index is 0.000000227. The average Bonchev–Trinajstić information content (AvgIpc) is 2.85. The third-order valence-corrected chi connectivity index (χ3v) is 6.16. The van der Waals surface area contributed by atoms with Gasteiger partial charge in [-0.3, -0.25) is 4.79 Å². The number of nitrogens with zero attached hydrogens (tertiary/aromatic N) is 2. The highest BCUT2D eigenvalue weighted by atomic mass is 79.9. The van der Waals surface area contributed by atoms with Gasteiger partial charge in [0, 0.05) is 23.3 Å². The number of anilines is 1. The van der Waals surface area contributed by atoms with Crippen LogP contribution >= 0.6 is 15.9 Å². The van der Waals surface area contributed by atoms with Crippen molar-refractivity contribution >= 4 is 27.7 Å². The normalized spacial score (nSPS) is 15.1. The SMILES string of the molecule is Brc1ccccc1.CNCCC(=O)O.c1cc2c(nc1CCCN1CCCCC1)NCCC2. The Labute approximate surface area is 207 Å². The number of aliphatic carboxylic acids is 1. The summed E-state index contributed by atoms with van der Waals surface area (Å²) in [5, 5.41) is 14.1. The Bertz CT molecular complexity index is 798. The minimum Gasteiger partial charge on any atom is -0.481 e. The summed E-state index contributed by atoms with van der Waals surface area (Å²) in [6, 6.07) is 14.5. The number of piperidine rings is 1. The molecule has 2 aromatic rings. The van der Waals surface area contributed by atoms with Crippen molar-refractivity contribution in [1.29, 1.82) is 0 Å². The zero-order valence-electron chi connectivity index (χ0n) is 19.9. The van der Waals surface area contributed by atoms with Crippen LogP contribution < -0.4 is 10.6 Å². The van der Waals surface area contributed by atoms with E-state index in [1.165, 1.54) is 69.4 Å². The van der Waals surface area contributed by atoms with E-state index in [1.54, 1.807) is 7.05 Å². The fourth-order valence-corrected chi connectivity index (χ4v) is 4.13. The molecule has 0 spiro atoms. The maximum absolute atomic E-state index is 9.72. The van der Waals surface area contributed by atoms with Gasteiger partial charge < -0.3 is 20.6 Å². The van der Waals surface area contributed by atoms with Crippen LogP contribution in [0.4, 0.5) is 5.82 Å². The number of pyridine rings is 1. The molecule has 0 saturated carbocycles. The van der Waals surface area contributed by atoms with Crippen molar-refractivity contribution in [3.63, 3.8) is 0 Å². The number of aryl methyl sites for hydroxylation is 2. The van der Waals surface area contributed by atoms with Gasteiger partial charge in [-0.05, 0) is 89.0 Å². The third kappa shape index (κ3) is 12.2. The average molecular weight is 520 g/mol. The smallest absolute Gasteiger partial charge is 0.304 e. The quantitative estimate of drug-likeness (QED) is 0.479. The lowest BCUT2D eigenvalue weighted by atomic mass is 10.1. The molecular weight excluding hydrogens is 480 g/mol. The van der Waals surface area contributed by atoms with Crippen molar-refractivity contribution in [2.24, 2.45) is 0 Å². The molecule has 0 atom stereocenters. The number of halogens is 1. The van der Waals surface area contributed by atoms with Crippen molar-refractivity contribution < 1.29 is 9.90 Å². The standard InChI is InChI=1S/C16H25N3.C6H5Br.C4H9NO2/c1-2-11-19(12-3-1)13-5-7-15-9-8-14-6-4-10-17-16(14)18-15;7-6-4-2-1-3-5-6;1-5-3-2-4(6)7/h8-9H,1-7,10-13H2,(H,17,18);1-5H;5H,2-3H2,1H3,(H,6,7). The molecule has 2 aliphatic heterocycles. The molecule has 6 nitrogen and oxygen atoms in total. The van der Waals surface area contributed by atoms with Gasteiger partial charge in [-0.1, -0.05) is 46.6 Å². The maximum atomic E-state index is 9.72. The summed E-state index contributed by atoms with van der Waals surface area (Å²) >= 11 is 3.31. The number of benzene rings is 1. The van der Waals surface area contributed by atoms with Gasteiger partial charge in [0.1, 0.15) is 5.82 Å². The van der Waals surface area contributed by atoms with Crippen molar-refractivity contribution in [1.82, 2.24) is 15.2 Å². The largest absolute Gasteiger partial charge is 0.481 e. The first-order chi connectivity index (χ1) is 16.1. The van der Waals surface area contributed by atoms with E-state index in [0.29, 0.717) is 6.54 Å². The molecule has 0 bridgehead atoms. The first kappa shape index (κ1) is 27.3. The van der Waals surface area contributed by atoms with Gasteiger partial charge >= 0.3 is 5.97 Å². The number of carboxylic acid groups (broad SMARTS) is 1. The zero-order chi connectivity index (χ0) is 23.7. The van der Waals surface area contributed by atoms with E-state index in [4.69, 9.17) is 10.1 Å². The van der Waals surface area contributed by atoms with Crippen LogP contribution in [0.1, 0.15) is 49.8 Å². The van der Waals surface area contributed by atoms with Gasteiger partial charge in [0.15, 0.2) is 0 Å².